The second kappa shape index (κ2) is 6.40. The van der Waals surface area contributed by atoms with E-state index in [0.717, 1.165) is 5.69 Å². The fraction of sp³-hybridized carbons (Fsp3) is 0.500. The maximum Gasteiger partial charge on any atom is 0.227 e. The van der Waals surface area contributed by atoms with Crippen LogP contribution in [0, 0.1) is 0 Å². The summed E-state index contributed by atoms with van der Waals surface area (Å²) in [6, 6.07) is 8.16. The first-order chi connectivity index (χ1) is 8.06. The monoisotopic (exact) mass is 234 g/mol. The molecule has 0 radical (unpaired) electrons. The van der Waals surface area contributed by atoms with E-state index in [-0.39, 0.29) is 5.91 Å². The molecule has 0 saturated carbocycles. The van der Waals surface area contributed by atoms with Crippen LogP contribution in [0.2, 0.25) is 0 Å². The van der Waals surface area contributed by atoms with E-state index in [0.29, 0.717) is 18.9 Å². The van der Waals surface area contributed by atoms with Crippen molar-refractivity contribution < 1.29 is 4.79 Å². The number of benzene rings is 1. The van der Waals surface area contributed by atoms with E-state index in [9.17, 15) is 4.79 Å². The molecule has 1 rings (SSSR count). The van der Waals surface area contributed by atoms with Gasteiger partial charge in [0.1, 0.15) is 0 Å². The van der Waals surface area contributed by atoms with Gasteiger partial charge in [0, 0.05) is 25.7 Å². The zero-order valence-corrected chi connectivity index (χ0v) is 11.2. The first-order valence-corrected chi connectivity index (χ1v) is 6.07. The van der Waals surface area contributed by atoms with Gasteiger partial charge in [-0.05, 0) is 30.7 Å². The first kappa shape index (κ1) is 13.7. The smallest absolute Gasteiger partial charge is 0.227 e. The molecule has 94 valence electrons. The summed E-state index contributed by atoms with van der Waals surface area (Å²) in [5.74, 6) is 0.621. The molecular weight excluding hydrogens is 212 g/mol. The van der Waals surface area contributed by atoms with Gasteiger partial charge in [0.05, 0.1) is 0 Å². The topological polar surface area (TPSA) is 32.3 Å². The van der Waals surface area contributed by atoms with E-state index in [2.05, 4.69) is 31.3 Å². The molecule has 1 aromatic rings. The largest absolute Gasteiger partial charge is 0.319 e. The Kier molecular flexibility index (Phi) is 5.16. The summed E-state index contributed by atoms with van der Waals surface area (Å²) < 4.78 is 0. The number of anilines is 1. The second-order valence-electron chi connectivity index (χ2n) is 4.56. The predicted octanol–water partition coefficient (Wildman–Crippen LogP) is 2.38. The highest BCUT2D eigenvalue weighted by Crippen LogP contribution is 2.21. The molecular formula is C14H22N2O. The van der Waals surface area contributed by atoms with Crippen molar-refractivity contribution in [3.05, 3.63) is 29.8 Å². The molecule has 17 heavy (non-hydrogen) atoms. The number of rotatable bonds is 5. The van der Waals surface area contributed by atoms with Gasteiger partial charge < -0.3 is 10.2 Å². The zero-order valence-electron chi connectivity index (χ0n) is 11.2. The van der Waals surface area contributed by atoms with Gasteiger partial charge in [0.2, 0.25) is 5.91 Å². The Balaban J connectivity index is 2.77. The molecule has 0 atom stereocenters. The maximum absolute atomic E-state index is 11.9. The van der Waals surface area contributed by atoms with E-state index >= 15 is 0 Å². The molecule has 3 nitrogen and oxygen atoms in total. The van der Waals surface area contributed by atoms with Crippen molar-refractivity contribution in [2.24, 2.45) is 0 Å². The Bertz CT molecular complexity index is 374. The van der Waals surface area contributed by atoms with E-state index in [1.807, 2.05) is 26.2 Å². The summed E-state index contributed by atoms with van der Waals surface area (Å²) in [6.07, 6.45) is 0.527. The van der Waals surface area contributed by atoms with Crippen molar-refractivity contribution in [1.82, 2.24) is 5.32 Å². The minimum atomic E-state index is 0.139. The quantitative estimate of drug-likeness (QED) is 0.848. The Morgan fingerprint density at radius 1 is 1.41 bits per heavy atom. The molecule has 0 unspecified atom stereocenters. The number of nitrogens with one attached hydrogen (secondary N) is 1. The highest BCUT2D eigenvalue weighted by Gasteiger charge is 2.11. The van der Waals surface area contributed by atoms with Crippen molar-refractivity contribution in [1.29, 1.82) is 0 Å². The highest BCUT2D eigenvalue weighted by molar-refractivity contribution is 5.92. The van der Waals surface area contributed by atoms with Crippen molar-refractivity contribution in [2.75, 3.05) is 25.5 Å². The summed E-state index contributed by atoms with van der Waals surface area (Å²) in [7, 11) is 3.68. The fourth-order valence-electron chi connectivity index (χ4n) is 1.64. The second-order valence-corrected chi connectivity index (χ2v) is 4.56. The van der Waals surface area contributed by atoms with E-state index in [1.165, 1.54) is 5.56 Å². The summed E-state index contributed by atoms with van der Waals surface area (Å²) in [5.41, 5.74) is 2.23. The Hall–Kier alpha value is -1.35. The Morgan fingerprint density at radius 2 is 2.12 bits per heavy atom. The normalized spacial score (nSPS) is 10.6. The number of carbonyl (C=O) groups is 1. The predicted molar refractivity (Wildman–Crippen MR) is 72.5 cm³/mol. The van der Waals surface area contributed by atoms with Crippen LogP contribution < -0.4 is 10.2 Å². The number of amides is 1. The lowest BCUT2D eigenvalue weighted by atomic mass is 10.0. The lowest BCUT2D eigenvalue weighted by Gasteiger charge is -2.19. The van der Waals surface area contributed by atoms with Gasteiger partial charge in [-0.2, -0.15) is 0 Å². The van der Waals surface area contributed by atoms with E-state index in [1.54, 1.807) is 4.90 Å². The van der Waals surface area contributed by atoms with Crippen LogP contribution in [0.4, 0.5) is 5.69 Å². The van der Waals surface area contributed by atoms with Gasteiger partial charge in [-0.15, -0.1) is 0 Å². The third-order valence-corrected chi connectivity index (χ3v) is 2.89. The molecule has 1 amide bonds. The molecule has 0 fully saturated rings. The van der Waals surface area contributed by atoms with E-state index in [4.69, 9.17) is 0 Å². The van der Waals surface area contributed by atoms with Crippen LogP contribution in [-0.4, -0.2) is 26.5 Å². The molecule has 0 aliphatic heterocycles. The zero-order chi connectivity index (χ0) is 12.8. The van der Waals surface area contributed by atoms with Crippen molar-refractivity contribution in [2.45, 2.75) is 26.2 Å². The Labute approximate surface area is 104 Å². The van der Waals surface area contributed by atoms with Crippen LogP contribution in [0.25, 0.3) is 0 Å². The van der Waals surface area contributed by atoms with Crippen LogP contribution in [-0.2, 0) is 4.79 Å². The standard InChI is InChI=1S/C14H22N2O/c1-11(2)12-6-5-7-13(10-12)16(4)14(17)8-9-15-3/h5-7,10-11,15H,8-9H2,1-4H3. The lowest BCUT2D eigenvalue weighted by molar-refractivity contribution is -0.118. The minimum absolute atomic E-state index is 0.139. The summed E-state index contributed by atoms with van der Waals surface area (Å²) in [5, 5.41) is 2.99. The molecule has 0 aliphatic carbocycles. The van der Waals surface area contributed by atoms with Crippen molar-refractivity contribution in [3.8, 4) is 0 Å². The summed E-state index contributed by atoms with van der Waals surface area (Å²) >= 11 is 0. The maximum atomic E-state index is 11.9. The van der Waals surface area contributed by atoms with Crippen molar-refractivity contribution in [3.63, 3.8) is 0 Å². The SMILES string of the molecule is CNCCC(=O)N(C)c1cccc(C(C)C)c1. The summed E-state index contributed by atoms with van der Waals surface area (Å²) in [6.45, 7) is 5.02. The van der Waals surface area contributed by atoms with Gasteiger partial charge in [-0.1, -0.05) is 26.0 Å². The number of carbonyl (C=O) groups excluding carboxylic acids is 1. The van der Waals surface area contributed by atoms with Crippen LogP contribution in [0.3, 0.4) is 0 Å². The molecule has 0 aromatic heterocycles. The van der Waals surface area contributed by atoms with Gasteiger partial charge in [-0.3, -0.25) is 4.79 Å². The molecule has 1 aromatic carbocycles. The molecule has 0 heterocycles. The van der Waals surface area contributed by atoms with E-state index < -0.39 is 0 Å². The van der Waals surface area contributed by atoms with Crippen LogP contribution >= 0.6 is 0 Å². The van der Waals surface area contributed by atoms with Gasteiger partial charge in [-0.25, -0.2) is 0 Å². The van der Waals surface area contributed by atoms with Crippen LogP contribution in [0.15, 0.2) is 24.3 Å². The summed E-state index contributed by atoms with van der Waals surface area (Å²) in [4.78, 5) is 13.6. The molecule has 0 spiro atoms. The number of hydrogen-bond acceptors (Lipinski definition) is 2. The van der Waals surface area contributed by atoms with Crippen LogP contribution in [0.5, 0.6) is 0 Å². The average molecular weight is 234 g/mol. The molecule has 3 heteroatoms. The molecule has 0 bridgehead atoms. The lowest BCUT2D eigenvalue weighted by Crippen LogP contribution is -2.28. The third-order valence-electron chi connectivity index (χ3n) is 2.89. The minimum Gasteiger partial charge on any atom is -0.319 e. The third kappa shape index (κ3) is 3.86. The average Bonchev–Trinajstić information content (AvgIpc) is 2.35. The molecule has 1 N–H and O–H groups in total. The number of nitrogens with zero attached hydrogens (tertiary/aromatic N) is 1. The van der Waals surface area contributed by atoms with Gasteiger partial charge in [0.15, 0.2) is 0 Å². The highest BCUT2D eigenvalue weighted by atomic mass is 16.2. The van der Waals surface area contributed by atoms with Crippen LogP contribution in [0.1, 0.15) is 31.7 Å². The number of hydrogen-bond donors (Lipinski definition) is 1. The molecule has 0 saturated heterocycles. The van der Waals surface area contributed by atoms with Gasteiger partial charge in [0.25, 0.3) is 0 Å². The van der Waals surface area contributed by atoms with Crippen molar-refractivity contribution >= 4 is 11.6 Å². The first-order valence-electron chi connectivity index (χ1n) is 6.07. The fourth-order valence-corrected chi connectivity index (χ4v) is 1.64. The Morgan fingerprint density at radius 3 is 2.71 bits per heavy atom. The molecule has 0 aliphatic rings. The van der Waals surface area contributed by atoms with Gasteiger partial charge >= 0.3 is 0 Å².